The van der Waals surface area contributed by atoms with E-state index in [9.17, 15) is 14.0 Å². The first-order chi connectivity index (χ1) is 12.5. The summed E-state index contributed by atoms with van der Waals surface area (Å²) in [6.45, 7) is 2.89. The van der Waals surface area contributed by atoms with Crippen LogP contribution < -0.4 is 4.90 Å². The van der Waals surface area contributed by atoms with E-state index in [0.717, 1.165) is 11.3 Å². The Labute approximate surface area is 152 Å². The Kier molecular flexibility index (Phi) is 5.08. The van der Waals surface area contributed by atoms with Crippen LogP contribution in [-0.2, 0) is 16.1 Å². The third-order valence-corrected chi connectivity index (χ3v) is 4.19. The number of carbonyl (C=O) groups excluding carboxylic acids is 2. The molecule has 3 rings (SSSR count). The summed E-state index contributed by atoms with van der Waals surface area (Å²) in [7, 11) is 0. The molecular formula is C17H14FN3O4S. The van der Waals surface area contributed by atoms with Crippen molar-refractivity contribution < 1.29 is 23.2 Å². The van der Waals surface area contributed by atoms with Crippen molar-refractivity contribution >= 4 is 34.0 Å². The third-order valence-electron chi connectivity index (χ3n) is 3.32. The zero-order valence-corrected chi connectivity index (χ0v) is 14.7. The van der Waals surface area contributed by atoms with Crippen molar-refractivity contribution in [2.75, 3.05) is 4.90 Å². The minimum Gasteiger partial charge on any atom is -0.453 e. The Morgan fingerprint density at radius 3 is 2.77 bits per heavy atom. The summed E-state index contributed by atoms with van der Waals surface area (Å²) in [5.74, 6) is -1.59. The van der Waals surface area contributed by atoms with Gasteiger partial charge in [0, 0.05) is 18.4 Å². The molecule has 0 aliphatic heterocycles. The molecule has 0 aliphatic rings. The van der Waals surface area contributed by atoms with Gasteiger partial charge < -0.3 is 9.26 Å². The van der Waals surface area contributed by atoms with Crippen molar-refractivity contribution in [2.45, 2.75) is 20.5 Å². The van der Waals surface area contributed by atoms with Gasteiger partial charge in [0.2, 0.25) is 11.7 Å². The first-order valence-corrected chi connectivity index (χ1v) is 8.43. The molecular weight excluding hydrogens is 361 g/mol. The number of anilines is 2. The van der Waals surface area contributed by atoms with E-state index >= 15 is 0 Å². The Balaban J connectivity index is 1.74. The lowest BCUT2D eigenvalue weighted by atomic mass is 10.3. The van der Waals surface area contributed by atoms with Crippen LogP contribution in [0.2, 0.25) is 0 Å². The number of benzene rings is 1. The topological polar surface area (TPSA) is 85.5 Å². The molecule has 7 nitrogen and oxygen atoms in total. The molecule has 0 bridgehead atoms. The molecule has 3 aromatic rings. The minimum atomic E-state index is -0.669. The Morgan fingerprint density at radius 1 is 1.35 bits per heavy atom. The summed E-state index contributed by atoms with van der Waals surface area (Å²) in [6, 6.07) is 7.38. The maximum absolute atomic E-state index is 14.0. The van der Waals surface area contributed by atoms with Crippen LogP contribution in [0.3, 0.4) is 0 Å². The van der Waals surface area contributed by atoms with E-state index in [-0.39, 0.29) is 29.1 Å². The quantitative estimate of drug-likeness (QED) is 0.633. The van der Waals surface area contributed by atoms with Gasteiger partial charge in [-0.15, -0.1) is 11.3 Å². The van der Waals surface area contributed by atoms with Crippen molar-refractivity contribution in [1.29, 1.82) is 0 Å². The highest BCUT2D eigenvalue weighted by molar-refractivity contribution is 7.14. The van der Waals surface area contributed by atoms with E-state index in [1.807, 2.05) is 0 Å². The van der Waals surface area contributed by atoms with Gasteiger partial charge in [-0.05, 0) is 19.1 Å². The Hall–Kier alpha value is -3.07. The molecule has 0 fully saturated rings. The second kappa shape index (κ2) is 7.44. The van der Waals surface area contributed by atoms with Gasteiger partial charge in [-0.1, -0.05) is 17.3 Å². The summed E-state index contributed by atoms with van der Waals surface area (Å²) in [5, 5.41) is 5.52. The van der Waals surface area contributed by atoms with Crippen LogP contribution in [0.5, 0.6) is 0 Å². The standard InChI is InChI=1S/C17H14FN3O4S/c1-10-7-15(25-20-10)16(23)24-8-12-9-26-17(19-12)21(11(2)22)14-6-4-3-5-13(14)18/h3-7,9H,8H2,1-2H3. The van der Waals surface area contributed by atoms with Crippen LogP contribution in [0.25, 0.3) is 0 Å². The summed E-state index contributed by atoms with van der Waals surface area (Å²) < 4.78 is 24.0. The minimum absolute atomic E-state index is 0.00493. The summed E-state index contributed by atoms with van der Waals surface area (Å²) in [5.41, 5.74) is 1.10. The van der Waals surface area contributed by atoms with Crippen molar-refractivity contribution in [3.63, 3.8) is 0 Å². The fourth-order valence-corrected chi connectivity index (χ4v) is 3.04. The molecule has 0 aliphatic carbocycles. The van der Waals surface area contributed by atoms with Crippen LogP contribution in [0.4, 0.5) is 15.2 Å². The number of halogens is 1. The summed E-state index contributed by atoms with van der Waals surface area (Å²) in [6.07, 6.45) is 0. The fourth-order valence-electron chi connectivity index (χ4n) is 2.18. The van der Waals surface area contributed by atoms with E-state index in [0.29, 0.717) is 11.4 Å². The highest BCUT2D eigenvalue weighted by Gasteiger charge is 2.21. The van der Waals surface area contributed by atoms with Gasteiger partial charge in [-0.25, -0.2) is 14.2 Å². The van der Waals surface area contributed by atoms with Crippen molar-refractivity contribution in [3.05, 3.63) is 58.7 Å². The van der Waals surface area contributed by atoms with Gasteiger partial charge >= 0.3 is 5.97 Å². The molecule has 0 radical (unpaired) electrons. The molecule has 1 amide bonds. The SMILES string of the molecule is CC(=O)N(c1nc(COC(=O)c2cc(C)no2)cs1)c1ccccc1F. The average Bonchev–Trinajstić information content (AvgIpc) is 3.24. The maximum atomic E-state index is 14.0. The van der Waals surface area contributed by atoms with Crippen LogP contribution in [0.1, 0.15) is 28.9 Å². The normalized spacial score (nSPS) is 10.6. The van der Waals surface area contributed by atoms with E-state index in [2.05, 4.69) is 10.1 Å². The summed E-state index contributed by atoms with van der Waals surface area (Å²) >= 11 is 1.14. The predicted molar refractivity (Wildman–Crippen MR) is 91.7 cm³/mol. The number of amides is 1. The highest BCUT2D eigenvalue weighted by atomic mass is 32.1. The Morgan fingerprint density at radius 2 is 2.12 bits per heavy atom. The van der Waals surface area contributed by atoms with Crippen molar-refractivity contribution in [3.8, 4) is 0 Å². The van der Waals surface area contributed by atoms with Crippen LogP contribution >= 0.6 is 11.3 Å². The highest BCUT2D eigenvalue weighted by Crippen LogP contribution is 2.30. The van der Waals surface area contributed by atoms with Gasteiger partial charge in [-0.2, -0.15) is 0 Å². The Bertz CT molecular complexity index is 953. The van der Waals surface area contributed by atoms with Crippen LogP contribution in [0, 0.1) is 12.7 Å². The first-order valence-electron chi connectivity index (χ1n) is 7.56. The molecule has 0 unspecified atom stereocenters. The van der Waals surface area contributed by atoms with Gasteiger partial charge in [-0.3, -0.25) is 9.69 Å². The van der Waals surface area contributed by atoms with Crippen LogP contribution in [-0.4, -0.2) is 22.0 Å². The smallest absolute Gasteiger partial charge is 0.377 e. The molecule has 0 N–H and O–H groups in total. The van der Waals surface area contributed by atoms with Gasteiger partial charge in [0.05, 0.1) is 17.1 Å². The van der Waals surface area contributed by atoms with Gasteiger partial charge in [0.1, 0.15) is 12.4 Å². The molecule has 2 heterocycles. The lowest BCUT2D eigenvalue weighted by molar-refractivity contribution is -0.115. The molecule has 0 atom stereocenters. The maximum Gasteiger partial charge on any atom is 0.377 e. The molecule has 134 valence electrons. The number of nitrogens with zero attached hydrogens (tertiary/aromatic N) is 3. The van der Waals surface area contributed by atoms with Crippen LogP contribution in [0.15, 0.2) is 40.2 Å². The monoisotopic (exact) mass is 375 g/mol. The lowest BCUT2D eigenvalue weighted by Crippen LogP contribution is -2.23. The number of hydrogen-bond acceptors (Lipinski definition) is 7. The summed E-state index contributed by atoms with van der Waals surface area (Å²) in [4.78, 5) is 29.3. The largest absolute Gasteiger partial charge is 0.453 e. The molecule has 2 aromatic heterocycles. The fraction of sp³-hybridized carbons (Fsp3) is 0.176. The van der Waals surface area contributed by atoms with E-state index < -0.39 is 11.8 Å². The van der Waals surface area contributed by atoms with Gasteiger partial charge in [0.15, 0.2) is 5.13 Å². The first kappa shape index (κ1) is 17.7. The number of esters is 1. The van der Waals surface area contributed by atoms with E-state index in [4.69, 9.17) is 9.26 Å². The number of hydrogen-bond donors (Lipinski definition) is 0. The van der Waals surface area contributed by atoms with Crippen molar-refractivity contribution in [2.24, 2.45) is 0 Å². The number of aromatic nitrogens is 2. The number of carbonyl (C=O) groups is 2. The third kappa shape index (κ3) is 3.77. The van der Waals surface area contributed by atoms with E-state index in [1.54, 1.807) is 18.4 Å². The zero-order chi connectivity index (χ0) is 18.7. The number of para-hydroxylation sites is 1. The van der Waals surface area contributed by atoms with E-state index in [1.165, 1.54) is 36.1 Å². The molecule has 0 spiro atoms. The van der Waals surface area contributed by atoms with Gasteiger partial charge in [0.25, 0.3) is 0 Å². The zero-order valence-electron chi connectivity index (χ0n) is 13.9. The molecule has 9 heteroatoms. The second-order valence-electron chi connectivity index (χ2n) is 5.34. The molecule has 0 saturated carbocycles. The lowest BCUT2D eigenvalue weighted by Gasteiger charge is -2.18. The molecule has 26 heavy (non-hydrogen) atoms. The predicted octanol–water partition coefficient (Wildman–Crippen LogP) is 3.62. The molecule has 0 saturated heterocycles. The molecule has 1 aromatic carbocycles. The van der Waals surface area contributed by atoms with Crippen molar-refractivity contribution in [1.82, 2.24) is 10.1 Å². The number of thiazole rings is 1. The number of aryl methyl sites for hydroxylation is 1. The average molecular weight is 375 g/mol. The number of ether oxygens (including phenoxy) is 1. The second-order valence-corrected chi connectivity index (χ2v) is 6.17. The number of rotatable bonds is 5.